The first kappa shape index (κ1) is 12.3. The van der Waals surface area contributed by atoms with Crippen LogP contribution in [0.25, 0.3) is 0 Å². The molecular formula is C13H24FNO. The molecule has 2 heterocycles. The first-order valence-electron chi connectivity index (χ1n) is 6.63. The van der Waals surface area contributed by atoms with Crippen molar-refractivity contribution in [3.8, 4) is 0 Å². The summed E-state index contributed by atoms with van der Waals surface area (Å²) < 4.78 is 18.7. The van der Waals surface area contributed by atoms with Crippen LogP contribution in [-0.4, -0.2) is 43.4 Å². The molecule has 2 rings (SSSR count). The van der Waals surface area contributed by atoms with Crippen molar-refractivity contribution < 1.29 is 9.13 Å². The number of hydrogen-bond acceptors (Lipinski definition) is 2. The molecule has 2 aliphatic rings. The van der Waals surface area contributed by atoms with Crippen molar-refractivity contribution in [2.24, 2.45) is 11.8 Å². The molecule has 0 unspecified atom stereocenters. The summed E-state index contributed by atoms with van der Waals surface area (Å²) in [6, 6.07) is 0. The van der Waals surface area contributed by atoms with Gasteiger partial charge in [-0.2, -0.15) is 0 Å². The van der Waals surface area contributed by atoms with E-state index in [0.29, 0.717) is 18.9 Å². The third kappa shape index (κ3) is 3.17. The Labute approximate surface area is 98.1 Å². The number of rotatable bonds is 2. The average Bonchev–Trinajstić information content (AvgIpc) is 2.25. The highest BCUT2D eigenvalue weighted by Gasteiger charge is 2.30. The Morgan fingerprint density at radius 2 is 1.94 bits per heavy atom. The van der Waals surface area contributed by atoms with Gasteiger partial charge in [-0.3, -0.25) is 0 Å². The van der Waals surface area contributed by atoms with E-state index in [1.54, 1.807) is 0 Å². The fourth-order valence-corrected chi connectivity index (χ4v) is 2.75. The maximum absolute atomic E-state index is 13.1. The summed E-state index contributed by atoms with van der Waals surface area (Å²) in [5.74, 6) is 1.24. The minimum absolute atomic E-state index is 0.250. The average molecular weight is 229 g/mol. The number of ether oxygens (including phenoxy) is 1. The van der Waals surface area contributed by atoms with Gasteiger partial charge < -0.3 is 9.64 Å². The third-order valence-electron chi connectivity index (χ3n) is 4.07. The van der Waals surface area contributed by atoms with E-state index in [1.807, 2.05) is 0 Å². The van der Waals surface area contributed by atoms with Crippen LogP contribution in [0.2, 0.25) is 0 Å². The normalized spacial score (nSPS) is 38.8. The molecule has 2 saturated heterocycles. The largest absolute Gasteiger partial charge is 0.374 e. The molecule has 2 fully saturated rings. The van der Waals surface area contributed by atoms with E-state index in [4.69, 9.17) is 4.74 Å². The summed E-state index contributed by atoms with van der Waals surface area (Å²) in [5.41, 5.74) is 0. The molecule has 3 heteroatoms. The molecule has 2 aliphatic heterocycles. The first-order valence-corrected chi connectivity index (χ1v) is 6.63. The van der Waals surface area contributed by atoms with Crippen LogP contribution in [0.3, 0.4) is 0 Å². The Bertz CT molecular complexity index is 216. The zero-order valence-corrected chi connectivity index (χ0v) is 10.5. The lowest BCUT2D eigenvalue weighted by Gasteiger charge is -2.37. The Kier molecular flexibility index (Phi) is 4.20. The maximum Gasteiger partial charge on any atom is 0.124 e. The van der Waals surface area contributed by atoms with Crippen LogP contribution in [0, 0.1) is 11.8 Å². The summed E-state index contributed by atoms with van der Waals surface area (Å²) in [7, 11) is 0. The van der Waals surface area contributed by atoms with E-state index in [1.165, 1.54) is 25.9 Å². The SMILES string of the molecule is CC1CCN(C[C@H]2OC[C@@H](F)C[C@H]2C)CC1. The smallest absolute Gasteiger partial charge is 0.124 e. The van der Waals surface area contributed by atoms with Gasteiger partial charge in [-0.1, -0.05) is 13.8 Å². The van der Waals surface area contributed by atoms with Crippen molar-refractivity contribution >= 4 is 0 Å². The van der Waals surface area contributed by atoms with Gasteiger partial charge in [0.2, 0.25) is 0 Å². The van der Waals surface area contributed by atoms with Gasteiger partial charge in [0.25, 0.3) is 0 Å². The highest BCUT2D eigenvalue weighted by Crippen LogP contribution is 2.25. The van der Waals surface area contributed by atoms with Crippen LogP contribution in [0.4, 0.5) is 4.39 Å². The third-order valence-corrected chi connectivity index (χ3v) is 4.07. The molecule has 94 valence electrons. The van der Waals surface area contributed by atoms with Crippen LogP contribution in [-0.2, 0) is 4.74 Å². The van der Waals surface area contributed by atoms with Crippen LogP contribution < -0.4 is 0 Å². The number of nitrogens with zero attached hydrogens (tertiary/aromatic N) is 1. The van der Waals surface area contributed by atoms with Crippen molar-refractivity contribution in [3.05, 3.63) is 0 Å². The number of alkyl halides is 1. The van der Waals surface area contributed by atoms with Gasteiger partial charge >= 0.3 is 0 Å². The topological polar surface area (TPSA) is 12.5 Å². The molecule has 0 N–H and O–H groups in total. The lowest BCUT2D eigenvalue weighted by molar-refractivity contribution is -0.0746. The molecule has 3 atom stereocenters. The maximum atomic E-state index is 13.1. The van der Waals surface area contributed by atoms with Crippen LogP contribution in [0.1, 0.15) is 33.1 Å². The molecule has 0 saturated carbocycles. The quantitative estimate of drug-likeness (QED) is 0.721. The van der Waals surface area contributed by atoms with Crippen LogP contribution in [0.15, 0.2) is 0 Å². The van der Waals surface area contributed by atoms with Gasteiger partial charge in [-0.05, 0) is 44.2 Å². The van der Waals surface area contributed by atoms with Gasteiger partial charge in [0.05, 0.1) is 12.7 Å². The Morgan fingerprint density at radius 1 is 1.25 bits per heavy atom. The van der Waals surface area contributed by atoms with Crippen molar-refractivity contribution in [1.29, 1.82) is 0 Å². The second kappa shape index (κ2) is 5.46. The standard InChI is InChI=1S/C13H24FNO/c1-10-3-5-15(6-4-10)8-13-11(2)7-12(14)9-16-13/h10-13H,3-9H2,1-2H3/t11-,12+,13-/m1/s1. The van der Waals surface area contributed by atoms with Crippen molar-refractivity contribution in [2.45, 2.75) is 45.4 Å². The second-order valence-electron chi connectivity index (χ2n) is 5.67. The molecule has 2 nitrogen and oxygen atoms in total. The summed E-state index contributed by atoms with van der Waals surface area (Å²) in [6.45, 7) is 8.12. The predicted octanol–water partition coefficient (Wildman–Crippen LogP) is 2.48. The minimum atomic E-state index is -0.743. The Morgan fingerprint density at radius 3 is 2.56 bits per heavy atom. The highest BCUT2D eigenvalue weighted by molar-refractivity contribution is 4.80. The van der Waals surface area contributed by atoms with E-state index in [2.05, 4.69) is 18.7 Å². The molecule has 0 bridgehead atoms. The van der Waals surface area contributed by atoms with Gasteiger partial charge in [-0.15, -0.1) is 0 Å². The summed E-state index contributed by atoms with van der Waals surface area (Å²) >= 11 is 0. The fraction of sp³-hybridized carbons (Fsp3) is 1.00. The Balaban J connectivity index is 1.76. The van der Waals surface area contributed by atoms with Crippen LogP contribution >= 0.6 is 0 Å². The van der Waals surface area contributed by atoms with E-state index >= 15 is 0 Å². The monoisotopic (exact) mass is 229 g/mol. The number of hydrogen-bond donors (Lipinski definition) is 0. The Hall–Kier alpha value is -0.150. The molecule has 0 aromatic rings. The van der Waals surface area contributed by atoms with Crippen molar-refractivity contribution in [2.75, 3.05) is 26.2 Å². The number of piperidine rings is 1. The second-order valence-corrected chi connectivity index (χ2v) is 5.67. The van der Waals surface area contributed by atoms with Crippen molar-refractivity contribution in [3.63, 3.8) is 0 Å². The molecule has 0 aromatic carbocycles. The fourth-order valence-electron chi connectivity index (χ4n) is 2.75. The lowest BCUT2D eigenvalue weighted by atomic mass is 9.93. The molecular weight excluding hydrogens is 205 g/mol. The molecule has 0 spiro atoms. The minimum Gasteiger partial charge on any atom is -0.374 e. The predicted molar refractivity (Wildman–Crippen MR) is 63.3 cm³/mol. The van der Waals surface area contributed by atoms with Gasteiger partial charge in [0, 0.05) is 6.54 Å². The molecule has 16 heavy (non-hydrogen) atoms. The molecule has 0 aromatic heterocycles. The highest BCUT2D eigenvalue weighted by atomic mass is 19.1. The lowest BCUT2D eigenvalue weighted by Crippen LogP contribution is -2.45. The molecule has 0 aliphatic carbocycles. The zero-order chi connectivity index (χ0) is 11.5. The van der Waals surface area contributed by atoms with Gasteiger partial charge in [0.15, 0.2) is 0 Å². The van der Waals surface area contributed by atoms with Gasteiger partial charge in [-0.25, -0.2) is 4.39 Å². The van der Waals surface area contributed by atoms with Gasteiger partial charge in [0.1, 0.15) is 6.17 Å². The van der Waals surface area contributed by atoms with E-state index in [0.717, 1.165) is 12.5 Å². The van der Waals surface area contributed by atoms with Crippen molar-refractivity contribution in [1.82, 2.24) is 4.90 Å². The van der Waals surface area contributed by atoms with E-state index < -0.39 is 6.17 Å². The molecule has 0 radical (unpaired) electrons. The van der Waals surface area contributed by atoms with E-state index in [-0.39, 0.29) is 6.10 Å². The molecule has 0 amide bonds. The summed E-state index contributed by atoms with van der Waals surface area (Å²) in [5, 5.41) is 0. The zero-order valence-electron chi connectivity index (χ0n) is 10.5. The van der Waals surface area contributed by atoms with E-state index in [9.17, 15) is 4.39 Å². The summed E-state index contributed by atoms with van der Waals surface area (Å²) in [4.78, 5) is 2.49. The first-order chi connectivity index (χ1) is 7.65. The number of halogens is 1. The van der Waals surface area contributed by atoms with Crippen LogP contribution in [0.5, 0.6) is 0 Å². The summed E-state index contributed by atoms with van der Waals surface area (Å²) in [6.07, 6.45) is 2.78. The number of likely N-dealkylation sites (tertiary alicyclic amines) is 1.